The average molecular weight is 364 g/mol. The van der Waals surface area contributed by atoms with Gasteiger partial charge >= 0.3 is 0 Å². The minimum atomic E-state index is -0.682. The van der Waals surface area contributed by atoms with Crippen molar-refractivity contribution in [2.24, 2.45) is 0 Å². The molecule has 0 bridgehead atoms. The molecule has 0 unspecified atom stereocenters. The summed E-state index contributed by atoms with van der Waals surface area (Å²) >= 11 is 0. The van der Waals surface area contributed by atoms with Crippen LogP contribution in [-0.2, 0) is 4.79 Å². The predicted octanol–water partition coefficient (Wildman–Crippen LogP) is 4.83. The third-order valence-electron chi connectivity index (χ3n) is 3.60. The fourth-order valence-electron chi connectivity index (χ4n) is 2.44. The van der Waals surface area contributed by atoms with Crippen molar-refractivity contribution in [2.75, 3.05) is 10.6 Å². The molecule has 0 aliphatic heterocycles. The van der Waals surface area contributed by atoms with Crippen molar-refractivity contribution in [3.63, 3.8) is 0 Å². The highest BCUT2D eigenvalue weighted by atomic mass is 19.1. The molecule has 0 saturated heterocycles. The minimum absolute atomic E-state index is 0.171. The molecule has 6 heteroatoms. The third-order valence-corrected chi connectivity index (χ3v) is 3.60. The SMILES string of the molecule is CC(=O)Nc1ccc(F)c(C(=O)Nc2cccc(Oc3ccccc3)c2)c1. The van der Waals surface area contributed by atoms with E-state index in [9.17, 15) is 14.0 Å². The van der Waals surface area contributed by atoms with Crippen molar-refractivity contribution >= 4 is 23.2 Å². The van der Waals surface area contributed by atoms with Crippen LogP contribution in [0.1, 0.15) is 17.3 Å². The number of rotatable bonds is 5. The highest BCUT2D eigenvalue weighted by Gasteiger charge is 2.14. The quantitative estimate of drug-likeness (QED) is 0.681. The Kier molecular flexibility index (Phi) is 5.47. The Hall–Kier alpha value is -3.67. The van der Waals surface area contributed by atoms with E-state index in [1.165, 1.54) is 19.1 Å². The summed E-state index contributed by atoms with van der Waals surface area (Å²) in [6, 6.07) is 19.8. The van der Waals surface area contributed by atoms with Crippen LogP contribution in [0.25, 0.3) is 0 Å². The van der Waals surface area contributed by atoms with E-state index in [1.54, 1.807) is 24.3 Å². The number of benzene rings is 3. The highest BCUT2D eigenvalue weighted by molar-refractivity contribution is 6.05. The summed E-state index contributed by atoms with van der Waals surface area (Å²) in [5.74, 6) is -0.421. The Balaban J connectivity index is 1.76. The second-order valence-electron chi connectivity index (χ2n) is 5.77. The van der Waals surface area contributed by atoms with Gasteiger partial charge in [-0.2, -0.15) is 0 Å². The lowest BCUT2D eigenvalue weighted by molar-refractivity contribution is -0.114. The van der Waals surface area contributed by atoms with Crippen LogP contribution in [0.2, 0.25) is 0 Å². The van der Waals surface area contributed by atoms with Gasteiger partial charge in [-0.25, -0.2) is 4.39 Å². The summed E-state index contributed by atoms with van der Waals surface area (Å²) in [7, 11) is 0. The topological polar surface area (TPSA) is 67.4 Å². The molecule has 0 heterocycles. The molecular formula is C21H17FN2O3. The fourth-order valence-corrected chi connectivity index (χ4v) is 2.44. The third kappa shape index (κ3) is 4.92. The summed E-state index contributed by atoms with van der Waals surface area (Å²) in [5.41, 5.74) is 0.628. The maximum Gasteiger partial charge on any atom is 0.258 e. The number of carbonyl (C=O) groups excluding carboxylic acids is 2. The van der Waals surface area contributed by atoms with Crippen LogP contribution in [-0.4, -0.2) is 11.8 Å². The molecule has 0 spiro atoms. The maximum absolute atomic E-state index is 14.0. The van der Waals surface area contributed by atoms with Crippen LogP contribution in [0.3, 0.4) is 0 Å². The average Bonchev–Trinajstić information content (AvgIpc) is 2.64. The van der Waals surface area contributed by atoms with Gasteiger partial charge in [-0.05, 0) is 42.5 Å². The summed E-state index contributed by atoms with van der Waals surface area (Å²) in [4.78, 5) is 23.6. The van der Waals surface area contributed by atoms with Crippen molar-refractivity contribution in [1.29, 1.82) is 0 Å². The number of ether oxygens (including phenoxy) is 1. The van der Waals surface area contributed by atoms with Crippen LogP contribution in [0.4, 0.5) is 15.8 Å². The normalized spacial score (nSPS) is 10.1. The zero-order valence-corrected chi connectivity index (χ0v) is 14.5. The summed E-state index contributed by atoms with van der Waals surface area (Å²) in [6.45, 7) is 1.33. The summed E-state index contributed by atoms with van der Waals surface area (Å²) in [6.07, 6.45) is 0. The van der Waals surface area contributed by atoms with Crippen molar-refractivity contribution in [3.05, 3.63) is 84.2 Å². The first-order valence-electron chi connectivity index (χ1n) is 8.23. The molecule has 0 radical (unpaired) electrons. The van der Waals surface area contributed by atoms with Gasteiger partial charge in [0, 0.05) is 24.4 Å². The molecule has 2 N–H and O–H groups in total. The van der Waals surface area contributed by atoms with Gasteiger partial charge in [0.25, 0.3) is 5.91 Å². The van der Waals surface area contributed by atoms with Crippen molar-refractivity contribution < 1.29 is 18.7 Å². The van der Waals surface area contributed by atoms with Gasteiger partial charge in [0.1, 0.15) is 17.3 Å². The van der Waals surface area contributed by atoms with Crippen LogP contribution < -0.4 is 15.4 Å². The predicted molar refractivity (Wildman–Crippen MR) is 102 cm³/mol. The fraction of sp³-hybridized carbons (Fsp3) is 0.0476. The Morgan fingerprint density at radius 2 is 1.52 bits per heavy atom. The largest absolute Gasteiger partial charge is 0.457 e. The van der Waals surface area contributed by atoms with Gasteiger partial charge in [0.05, 0.1) is 5.56 Å². The second kappa shape index (κ2) is 8.14. The molecule has 3 rings (SSSR count). The molecule has 5 nitrogen and oxygen atoms in total. The van der Waals surface area contributed by atoms with Gasteiger partial charge < -0.3 is 15.4 Å². The molecule has 27 heavy (non-hydrogen) atoms. The van der Waals surface area contributed by atoms with Crippen LogP contribution in [0.15, 0.2) is 72.8 Å². The number of amides is 2. The molecular weight excluding hydrogens is 347 g/mol. The summed E-state index contributed by atoms with van der Waals surface area (Å²) in [5, 5.41) is 5.16. The molecule has 0 fully saturated rings. The minimum Gasteiger partial charge on any atom is -0.457 e. The molecule has 3 aromatic carbocycles. The van der Waals surface area contributed by atoms with Gasteiger partial charge in [-0.1, -0.05) is 24.3 Å². The molecule has 0 atom stereocenters. The number of anilines is 2. The Bertz CT molecular complexity index is 974. The van der Waals surface area contributed by atoms with E-state index in [4.69, 9.17) is 4.74 Å². The van der Waals surface area contributed by atoms with Crippen LogP contribution in [0.5, 0.6) is 11.5 Å². The maximum atomic E-state index is 14.0. The van der Waals surface area contributed by atoms with Crippen molar-refractivity contribution in [3.8, 4) is 11.5 Å². The highest BCUT2D eigenvalue weighted by Crippen LogP contribution is 2.24. The van der Waals surface area contributed by atoms with Crippen molar-refractivity contribution in [1.82, 2.24) is 0 Å². The lowest BCUT2D eigenvalue weighted by Crippen LogP contribution is -2.15. The lowest BCUT2D eigenvalue weighted by Gasteiger charge is -2.10. The number of nitrogens with one attached hydrogen (secondary N) is 2. The number of hydrogen-bond donors (Lipinski definition) is 2. The van der Waals surface area contributed by atoms with Crippen LogP contribution in [0, 0.1) is 5.82 Å². The van der Waals surface area contributed by atoms with E-state index < -0.39 is 11.7 Å². The zero-order chi connectivity index (χ0) is 19.2. The first-order valence-corrected chi connectivity index (χ1v) is 8.23. The molecule has 0 saturated carbocycles. The first-order chi connectivity index (χ1) is 13.0. The Labute approximate surface area is 155 Å². The second-order valence-corrected chi connectivity index (χ2v) is 5.77. The standard InChI is InChI=1S/C21H17FN2O3/c1-14(25)23-16-10-11-20(22)19(13-16)21(26)24-15-6-5-9-18(12-15)27-17-7-3-2-4-8-17/h2-13H,1H3,(H,23,25)(H,24,26). The van der Waals surface area contributed by atoms with Crippen LogP contribution >= 0.6 is 0 Å². The van der Waals surface area contributed by atoms with Gasteiger partial charge in [0.2, 0.25) is 5.91 Å². The number of para-hydroxylation sites is 1. The van der Waals surface area contributed by atoms with E-state index in [1.807, 2.05) is 30.3 Å². The van der Waals surface area contributed by atoms with Gasteiger partial charge in [-0.3, -0.25) is 9.59 Å². The monoisotopic (exact) mass is 364 g/mol. The number of halogens is 1. The number of carbonyl (C=O) groups is 2. The molecule has 0 aliphatic rings. The molecule has 136 valence electrons. The lowest BCUT2D eigenvalue weighted by atomic mass is 10.1. The zero-order valence-electron chi connectivity index (χ0n) is 14.5. The molecule has 3 aromatic rings. The van der Waals surface area contributed by atoms with E-state index in [0.29, 0.717) is 22.9 Å². The van der Waals surface area contributed by atoms with E-state index in [2.05, 4.69) is 10.6 Å². The van der Waals surface area contributed by atoms with Gasteiger partial charge in [-0.15, -0.1) is 0 Å². The Morgan fingerprint density at radius 1 is 0.815 bits per heavy atom. The molecule has 0 aromatic heterocycles. The van der Waals surface area contributed by atoms with Gasteiger partial charge in [0.15, 0.2) is 0 Å². The van der Waals surface area contributed by atoms with E-state index in [0.717, 1.165) is 6.07 Å². The molecule has 0 aliphatic carbocycles. The number of hydrogen-bond acceptors (Lipinski definition) is 3. The molecule has 2 amide bonds. The smallest absolute Gasteiger partial charge is 0.258 e. The van der Waals surface area contributed by atoms with Crippen molar-refractivity contribution in [2.45, 2.75) is 6.92 Å². The Morgan fingerprint density at radius 3 is 2.26 bits per heavy atom. The van der Waals surface area contributed by atoms with E-state index >= 15 is 0 Å². The summed E-state index contributed by atoms with van der Waals surface area (Å²) < 4.78 is 19.7. The first kappa shape index (κ1) is 18.1. The van der Waals surface area contributed by atoms with E-state index in [-0.39, 0.29) is 11.5 Å².